The summed E-state index contributed by atoms with van der Waals surface area (Å²) in [6.07, 6.45) is -1.74. The van der Waals surface area contributed by atoms with E-state index in [1.165, 1.54) is 6.20 Å². The fraction of sp³-hybridized carbons (Fsp3) is 0.286. The van der Waals surface area contributed by atoms with Crippen molar-refractivity contribution in [2.24, 2.45) is 0 Å². The summed E-state index contributed by atoms with van der Waals surface area (Å²) >= 11 is 0. The van der Waals surface area contributed by atoms with Gasteiger partial charge in [-0.05, 0) is 12.3 Å². The number of hydrogen-bond acceptors (Lipinski definition) is 6. The van der Waals surface area contributed by atoms with Gasteiger partial charge in [-0.1, -0.05) is 24.3 Å². The van der Waals surface area contributed by atoms with Gasteiger partial charge < -0.3 is 20.7 Å². The third-order valence-corrected chi connectivity index (χ3v) is 3.00. The summed E-state index contributed by atoms with van der Waals surface area (Å²) in [7, 11) is 0. The molecule has 0 saturated carbocycles. The third-order valence-electron chi connectivity index (χ3n) is 3.00. The highest BCUT2D eigenvalue weighted by Crippen LogP contribution is 2.28. The average molecular weight is 276 g/mol. The molecule has 6 nitrogen and oxygen atoms in total. The van der Waals surface area contributed by atoms with Crippen LogP contribution in [0.4, 0.5) is 5.82 Å². The number of carbonyl (C=O) groups excluding carboxylic acids is 1. The van der Waals surface area contributed by atoms with Crippen LogP contribution >= 0.6 is 0 Å². The number of nitrogens with two attached hydrogens (primary N) is 1. The van der Waals surface area contributed by atoms with E-state index in [9.17, 15) is 15.0 Å². The van der Waals surface area contributed by atoms with Crippen molar-refractivity contribution >= 4 is 22.6 Å². The van der Waals surface area contributed by atoms with E-state index in [1.807, 2.05) is 0 Å². The zero-order chi connectivity index (χ0) is 14.7. The molecule has 0 aliphatic heterocycles. The molecule has 20 heavy (non-hydrogen) atoms. The summed E-state index contributed by atoms with van der Waals surface area (Å²) in [5.74, 6) is -0.553. The predicted octanol–water partition coefficient (Wildman–Crippen LogP) is 0.774. The van der Waals surface area contributed by atoms with E-state index in [-0.39, 0.29) is 6.61 Å². The van der Waals surface area contributed by atoms with Gasteiger partial charge >= 0.3 is 5.97 Å². The fourth-order valence-corrected chi connectivity index (χ4v) is 2.00. The van der Waals surface area contributed by atoms with Gasteiger partial charge in [-0.3, -0.25) is 0 Å². The number of carbonyl (C=O) groups is 1. The number of ether oxygens (including phenoxy) is 1. The third kappa shape index (κ3) is 2.56. The predicted molar refractivity (Wildman–Crippen MR) is 73.8 cm³/mol. The number of esters is 1. The molecule has 2 rings (SSSR count). The molecule has 0 saturated heterocycles. The Balaban J connectivity index is 2.42. The second-order valence-electron chi connectivity index (χ2n) is 4.29. The zero-order valence-electron chi connectivity index (χ0n) is 11.0. The number of pyridine rings is 1. The van der Waals surface area contributed by atoms with Crippen molar-refractivity contribution in [3.8, 4) is 0 Å². The summed E-state index contributed by atoms with van der Waals surface area (Å²) in [5, 5.41) is 21.2. The van der Waals surface area contributed by atoms with Crippen LogP contribution in [0, 0.1) is 0 Å². The SMILES string of the molecule is CCOC(=O)C(O)C(O)c1cnc(N)c2ccccc12. The first kappa shape index (κ1) is 14.2. The Hall–Kier alpha value is -2.18. The largest absolute Gasteiger partial charge is 0.464 e. The Labute approximate surface area is 115 Å². The highest BCUT2D eigenvalue weighted by Gasteiger charge is 2.28. The van der Waals surface area contributed by atoms with Gasteiger partial charge in [0, 0.05) is 17.1 Å². The van der Waals surface area contributed by atoms with Crippen LogP contribution in [0.5, 0.6) is 0 Å². The maximum Gasteiger partial charge on any atom is 0.338 e. The maximum absolute atomic E-state index is 11.5. The molecule has 0 radical (unpaired) electrons. The molecule has 2 atom stereocenters. The van der Waals surface area contributed by atoms with Crippen molar-refractivity contribution in [1.82, 2.24) is 4.98 Å². The highest BCUT2D eigenvalue weighted by atomic mass is 16.5. The van der Waals surface area contributed by atoms with Crippen LogP contribution in [-0.4, -0.2) is 33.9 Å². The molecule has 0 aliphatic carbocycles. The number of aromatic nitrogens is 1. The Morgan fingerprint density at radius 1 is 1.35 bits per heavy atom. The number of nitrogen functional groups attached to an aromatic ring is 1. The molecule has 106 valence electrons. The number of aliphatic hydroxyl groups excluding tert-OH is 2. The van der Waals surface area contributed by atoms with Crippen LogP contribution < -0.4 is 5.73 Å². The zero-order valence-corrected chi connectivity index (χ0v) is 11.0. The smallest absolute Gasteiger partial charge is 0.338 e. The molecular weight excluding hydrogens is 260 g/mol. The summed E-state index contributed by atoms with van der Waals surface area (Å²) in [5.41, 5.74) is 6.09. The summed E-state index contributed by atoms with van der Waals surface area (Å²) in [6, 6.07) is 7.06. The Bertz CT molecular complexity index is 630. The second kappa shape index (κ2) is 5.85. The molecule has 4 N–H and O–H groups in total. The standard InChI is InChI=1S/C14H16N2O4/c1-2-20-14(19)12(18)11(17)10-7-16-13(15)9-6-4-3-5-8(9)10/h3-7,11-12,17-18H,2H2,1H3,(H2,15,16). The summed E-state index contributed by atoms with van der Waals surface area (Å²) in [6.45, 7) is 1.75. The number of rotatable bonds is 4. The molecule has 1 aromatic heterocycles. The Kier molecular flexibility index (Phi) is 4.16. The van der Waals surface area contributed by atoms with Crippen LogP contribution in [-0.2, 0) is 9.53 Å². The molecule has 1 aromatic carbocycles. The lowest BCUT2D eigenvalue weighted by Crippen LogP contribution is -2.30. The van der Waals surface area contributed by atoms with Gasteiger partial charge in [0.25, 0.3) is 0 Å². The molecule has 0 spiro atoms. The van der Waals surface area contributed by atoms with Crippen LogP contribution in [0.25, 0.3) is 10.8 Å². The van der Waals surface area contributed by atoms with Gasteiger partial charge in [0.05, 0.1) is 6.61 Å². The van der Waals surface area contributed by atoms with Gasteiger partial charge in [0.15, 0.2) is 6.10 Å². The molecule has 0 amide bonds. The van der Waals surface area contributed by atoms with Crippen LogP contribution in [0.3, 0.4) is 0 Å². The van der Waals surface area contributed by atoms with Crippen molar-refractivity contribution in [3.05, 3.63) is 36.0 Å². The topological polar surface area (TPSA) is 106 Å². The van der Waals surface area contributed by atoms with E-state index in [2.05, 4.69) is 9.72 Å². The molecule has 6 heteroatoms. The van der Waals surface area contributed by atoms with Crippen molar-refractivity contribution < 1.29 is 19.7 Å². The average Bonchev–Trinajstić information content (AvgIpc) is 2.47. The van der Waals surface area contributed by atoms with Crippen molar-refractivity contribution in [2.75, 3.05) is 12.3 Å². The van der Waals surface area contributed by atoms with E-state index >= 15 is 0 Å². The van der Waals surface area contributed by atoms with E-state index < -0.39 is 18.2 Å². The maximum atomic E-state index is 11.5. The van der Waals surface area contributed by atoms with Gasteiger partial charge in [0.2, 0.25) is 0 Å². The van der Waals surface area contributed by atoms with Gasteiger partial charge in [0.1, 0.15) is 11.9 Å². The van der Waals surface area contributed by atoms with E-state index in [1.54, 1.807) is 31.2 Å². The summed E-state index contributed by atoms with van der Waals surface area (Å²) < 4.78 is 4.69. The number of benzene rings is 1. The summed E-state index contributed by atoms with van der Waals surface area (Å²) in [4.78, 5) is 15.5. The van der Waals surface area contributed by atoms with Crippen molar-refractivity contribution in [3.63, 3.8) is 0 Å². The first-order chi connectivity index (χ1) is 9.56. The van der Waals surface area contributed by atoms with E-state index in [0.29, 0.717) is 22.2 Å². The van der Waals surface area contributed by atoms with Crippen molar-refractivity contribution in [2.45, 2.75) is 19.1 Å². The van der Waals surface area contributed by atoms with Gasteiger partial charge in [-0.25, -0.2) is 9.78 Å². The van der Waals surface area contributed by atoms with E-state index in [0.717, 1.165) is 0 Å². The molecule has 2 unspecified atom stereocenters. The number of nitrogens with zero attached hydrogens (tertiary/aromatic N) is 1. The first-order valence-corrected chi connectivity index (χ1v) is 6.22. The minimum Gasteiger partial charge on any atom is -0.464 e. The quantitative estimate of drug-likeness (QED) is 0.712. The normalized spacial score (nSPS) is 13.9. The Morgan fingerprint density at radius 3 is 2.65 bits per heavy atom. The molecule has 0 fully saturated rings. The molecule has 0 bridgehead atoms. The second-order valence-corrected chi connectivity index (χ2v) is 4.29. The molecule has 1 heterocycles. The monoisotopic (exact) mass is 276 g/mol. The molecule has 0 aliphatic rings. The Morgan fingerprint density at radius 2 is 2.00 bits per heavy atom. The van der Waals surface area contributed by atoms with Gasteiger partial charge in [-0.15, -0.1) is 0 Å². The lowest BCUT2D eigenvalue weighted by Gasteiger charge is -2.18. The number of anilines is 1. The van der Waals surface area contributed by atoms with E-state index in [4.69, 9.17) is 5.73 Å². The van der Waals surface area contributed by atoms with Crippen molar-refractivity contribution in [1.29, 1.82) is 0 Å². The minimum absolute atomic E-state index is 0.128. The molecular formula is C14H16N2O4. The van der Waals surface area contributed by atoms with Crippen LogP contribution in [0.15, 0.2) is 30.5 Å². The lowest BCUT2D eigenvalue weighted by atomic mass is 9.99. The number of hydrogen-bond donors (Lipinski definition) is 3. The van der Waals surface area contributed by atoms with Gasteiger partial charge in [-0.2, -0.15) is 0 Å². The number of fused-ring (bicyclic) bond motifs is 1. The lowest BCUT2D eigenvalue weighted by molar-refractivity contribution is -0.159. The number of aliphatic hydroxyl groups is 2. The fourth-order valence-electron chi connectivity index (χ4n) is 2.00. The first-order valence-electron chi connectivity index (χ1n) is 6.22. The molecule has 2 aromatic rings. The highest BCUT2D eigenvalue weighted by molar-refractivity contribution is 5.93. The van der Waals surface area contributed by atoms with Crippen LogP contribution in [0.1, 0.15) is 18.6 Å². The minimum atomic E-state index is -1.66. The van der Waals surface area contributed by atoms with Crippen LogP contribution in [0.2, 0.25) is 0 Å².